The van der Waals surface area contributed by atoms with E-state index in [-0.39, 0.29) is 41.8 Å². The van der Waals surface area contributed by atoms with Crippen LogP contribution < -0.4 is 19.3 Å². The minimum absolute atomic E-state index is 0.0454. The highest BCUT2D eigenvalue weighted by Crippen LogP contribution is 2.60. The molecule has 8 heteroatoms. The number of hydrogen-bond donors (Lipinski definition) is 1. The summed E-state index contributed by atoms with van der Waals surface area (Å²) in [6, 6.07) is 38.5. The van der Waals surface area contributed by atoms with Crippen molar-refractivity contribution in [2.45, 2.75) is 50.9 Å². The summed E-state index contributed by atoms with van der Waals surface area (Å²) in [7, 11) is 1.65. The average Bonchev–Trinajstić information content (AvgIpc) is 3.54. The van der Waals surface area contributed by atoms with Crippen molar-refractivity contribution in [2.24, 2.45) is 11.8 Å². The second-order valence-electron chi connectivity index (χ2n) is 14.5. The molecular weight excluding hydrogens is 652 g/mol. The van der Waals surface area contributed by atoms with Crippen LogP contribution in [0.25, 0.3) is 0 Å². The Labute approximate surface area is 304 Å². The van der Waals surface area contributed by atoms with Gasteiger partial charge in [0.1, 0.15) is 11.5 Å². The van der Waals surface area contributed by atoms with Crippen molar-refractivity contribution < 1.29 is 28.9 Å². The minimum atomic E-state index is -1.21. The summed E-state index contributed by atoms with van der Waals surface area (Å²) >= 11 is 0. The molecular formula is C44H42N2O6. The monoisotopic (exact) mass is 694 g/mol. The fourth-order valence-corrected chi connectivity index (χ4v) is 8.82. The molecule has 264 valence electrons. The van der Waals surface area contributed by atoms with Crippen LogP contribution in [0.4, 0.5) is 17.1 Å². The smallest absolute Gasteiger partial charge is 0.266 e. The molecule has 3 aliphatic rings. The third kappa shape index (κ3) is 5.20. The van der Waals surface area contributed by atoms with E-state index < -0.39 is 5.60 Å². The first kappa shape index (κ1) is 33.7. The Morgan fingerprint density at radius 1 is 0.808 bits per heavy atom. The van der Waals surface area contributed by atoms with Crippen LogP contribution in [0.3, 0.4) is 0 Å². The highest BCUT2D eigenvalue weighted by atomic mass is 16.5. The van der Waals surface area contributed by atoms with Crippen molar-refractivity contribution in [3.63, 3.8) is 0 Å². The second-order valence-corrected chi connectivity index (χ2v) is 14.5. The van der Waals surface area contributed by atoms with Gasteiger partial charge in [-0.15, -0.1) is 0 Å². The highest BCUT2D eigenvalue weighted by Gasteiger charge is 2.65. The number of anilines is 3. The van der Waals surface area contributed by atoms with E-state index in [4.69, 9.17) is 14.2 Å². The number of carbonyl (C=O) groups excluding carboxylic acids is 2. The molecule has 8 rings (SSSR count). The summed E-state index contributed by atoms with van der Waals surface area (Å²) in [5.74, 6) is 1.31. The predicted octanol–water partition coefficient (Wildman–Crippen LogP) is 8.53. The predicted molar refractivity (Wildman–Crippen MR) is 200 cm³/mol. The topological polar surface area (TPSA) is 88.5 Å². The van der Waals surface area contributed by atoms with Gasteiger partial charge in [0.15, 0.2) is 11.4 Å². The van der Waals surface area contributed by atoms with Crippen molar-refractivity contribution in [3.05, 3.63) is 144 Å². The van der Waals surface area contributed by atoms with E-state index in [1.807, 2.05) is 102 Å². The Morgan fingerprint density at radius 3 is 2.17 bits per heavy atom. The van der Waals surface area contributed by atoms with Crippen LogP contribution in [-0.4, -0.2) is 36.7 Å². The van der Waals surface area contributed by atoms with E-state index in [1.165, 1.54) is 0 Å². The van der Waals surface area contributed by atoms with Crippen molar-refractivity contribution >= 4 is 28.9 Å². The zero-order valence-corrected chi connectivity index (χ0v) is 29.8. The molecule has 52 heavy (non-hydrogen) atoms. The van der Waals surface area contributed by atoms with Crippen LogP contribution >= 0.6 is 0 Å². The van der Waals surface area contributed by atoms with Gasteiger partial charge in [-0.05, 0) is 77.6 Å². The molecule has 5 aromatic carbocycles. The van der Waals surface area contributed by atoms with Crippen LogP contribution in [0.5, 0.6) is 17.2 Å². The number of rotatable bonds is 8. The highest BCUT2D eigenvalue weighted by molar-refractivity contribution is 6.14. The number of aliphatic hydroxyl groups excluding tert-OH is 1. The number of hydrogen-bond acceptors (Lipinski definition) is 6. The zero-order valence-electron chi connectivity index (χ0n) is 29.8. The number of carbonyl (C=O) groups is 2. The van der Waals surface area contributed by atoms with E-state index in [9.17, 15) is 14.7 Å². The van der Waals surface area contributed by atoms with Gasteiger partial charge in [-0.2, -0.15) is 0 Å². The van der Waals surface area contributed by atoms with Crippen LogP contribution in [0.15, 0.2) is 121 Å². The van der Waals surface area contributed by atoms with Gasteiger partial charge in [-0.25, -0.2) is 0 Å². The van der Waals surface area contributed by atoms with E-state index in [0.717, 1.165) is 28.1 Å². The van der Waals surface area contributed by atoms with Crippen molar-refractivity contribution in [2.75, 3.05) is 23.5 Å². The summed E-state index contributed by atoms with van der Waals surface area (Å²) in [6.45, 7) is 6.80. The standard InChI is InChI=1S/C44H42N2O6/c1-28-40(43(2,3)30-19-23-32(50-4)24-20-30)39(25-26-47)52-44(28)34-12-6-7-13-35(34)45(42(44)49)27-29-17-21-31(22-18-29)46-36-14-8-10-16-38(36)51-37-15-9-5-11-33(37)41(46)48/h5-24,28,39-40,47H,25-27H2,1-4H3/t28-,39+,40-,44+/m1/s1. The van der Waals surface area contributed by atoms with Crippen molar-refractivity contribution in [3.8, 4) is 17.2 Å². The van der Waals surface area contributed by atoms with E-state index in [1.54, 1.807) is 24.1 Å². The molecule has 3 heterocycles. The number of benzene rings is 5. The van der Waals surface area contributed by atoms with Gasteiger partial charge in [0, 0.05) is 29.7 Å². The molecule has 8 nitrogen and oxygen atoms in total. The Hall–Kier alpha value is -5.44. The van der Waals surface area contributed by atoms with Gasteiger partial charge in [-0.1, -0.05) is 87.5 Å². The SMILES string of the molecule is COc1ccc(C(C)(C)[C@H]2[C@H](CCO)O[C@@]3(C(=O)N(Cc4ccc(N5C(=O)c6ccccc6Oc6ccccc65)cc4)c4ccccc43)[C@@H]2C)cc1. The third-order valence-electron chi connectivity index (χ3n) is 11.3. The average molecular weight is 695 g/mol. The molecule has 0 aliphatic carbocycles. The number of aliphatic hydroxyl groups is 1. The fourth-order valence-electron chi connectivity index (χ4n) is 8.82. The molecule has 1 saturated heterocycles. The van der Waals surface area contributed by atoms with Gasteiger partial charge in [0.05, 0.1) is 36.7 Å². The lowest BCUT2D eigenvalue weighted by molar-refractivity contribution is -0.146. The molecule has 2 amide bonds. The molecule has 0 aromatic heterocycles. The molecule has 0 unspecified atom stereocenters. The lowest BCUT2D eigenvalue weighted by Gasteiger charge is -2.38. The summed E-state index contributed by atoms with van der Waals surface area (Å²) < 4.78 is 18.6. The van der Waals surface area contributed by atoms with Crippen molar-refractivity contribution in [1.82, 2.24) is 0 Å². The maximum Gasteiger partial charge on any atom is 0.266 e. The number of nitrogens with zero attached hydrogens (tertiary/aromatic N) is 2. The van der Waals surface area contributed by atoms with Gasteiger partial charge in [0.2, 0.25) is 0 Å². The van der Waals surface area contributed by atoms with Gasteiger partial charge in [0.25, 0.3) is 11.8 Å². The molecule has 0 radical (unpaired) electrons. The second kappa shape index (κ2) is 13.0. The number of ether oxygens (including phenoxy) is 3. The van der Waals surface area contributed by atoms with Crippen molar-refractivity contribution in [1.29, 1.82) is 0 Å². The molecule has 1 fully saturated rings. The summed E-state index contributed by atoms with van der Waals surface area (Å²) in [5.41, 5.74) is 3.92. The zero-order chi connectivity index (χ0) is 36.2. The minimum Gasteiger partial charge on any atom is -0.497 e. The molecule has 0 bridgehead atoms. The Kier molecular flexibility index (Phi) is 8.39. The Bertz CT molecular complexity index is 2150. The van der Waals surface area contributed by atoms with Gasteiger partial charge in [-0.3, -0.25) is 14.5 Å². The maximum atomic E-state index is 14.9. The summed E-state index contributed by atoms with van der Waals surface area (Å²) in [4.78, 5) is 32.4. The van der Waals surface area contributed by atoms with E-state index in [2.05, 4.69) is 32.9 Å². The molecule has 0 saturated carbocycles. The van der Waals surface area contributed by atoms with Crippen LogP contribution in [0, 0.1) is 11.8 Å². The van der Waals surface area contributed by atoms with Crippen LogP contribution in [0.2, 0.25) is 0 Å². The van der Waals surface area contributed by atoms with Crippen LogP contribution in [-0.2, 0) is 27.1 Å². The lowest BCUT2D eigenvalue weighted by atomic mass is 9.63. The largest absolute Gasteiger partial charge is 0.497 e. The summed E-state index contributed by atoms with van der Waals surface area (Å²) in [5, 5.41) is 10.2. The third-order valence-corrected chi connectivity index (χ3v) is 11.3. The quantitative estimate of drug-likeness (QED) is 0.175. The molecule has 1 spiro atoms. The van der Waals surface area contributed by atoms with Crippen LogP contribution in [0.1, 0.15) is 54.2 Å². The first-order chi connectivity index (χ1) is 25.2. The maximum absolute atomic E-state index is 14.9. The fraction of sp³-hybridized carbons (Fsp3) is 0.273. The number of amides is 2. The number of para-hydroxylation sites is 4. The summed E-state index contributed by atoms with van der Waals surface area (Å²) in [6.07, 6.45) is 0.0673. The van der Waals surface area contributed by atoms with Gasteiger partial charge >= 0.3 is 0 Å². The lowest BCUT2D eigenvalue weighted by Crippen LogP contribution is -2.45. The number of fused-ring (bicyclic) bond motifs is 4. The molecule has 3 aliphatic heterocycles. The first-order valence-corrected chi connectivity index (χ1v) is 17.8. The Morgan fingerprint density at radius 2 is 1.46 bits per heavy atom. The molecule has 4 atom stereocenters. The normalized spacial score (nSPS) is 22.1. The molecule has 5 aromatic rings. The molecule has 1 N–H and O–H groups in total. The first-order valence-electron chi connectivity index (χ1n) is 17.8. The Balaban J connectivity index is 1.12. The number of methoxy groups -OCH3 is 1. The van der Waals surface area contributed by atoms with Gasteiger partial charge < -0.3 is 24.2 Å². The van der Waals surface area contributed by atoms with E-state index in [0.29, 0.717) is 41.4 Å². The van der Waals surface area contributed by atoms with E-state index >= 15 is 0 Å².